The summed E-state index contributed by atoms with van der Waals surface area (Å²) in [7, 11) is -3.77. The zero-order valence-corrected chi connectivity index (χ0v) is 18.0. The molecular formula is C23H21N3O5S. The first kappa shape index (κ1) is 22.9. The van der Waals surface area contributed by atoms with E-state index in [1.54, 1.807) is 42.5 Å². The standard InChI is InChI=1S/C23H21N3O5S/c1-15(27)17-10-12-19(13-11-17)32(30,31)25-14-16-6-8-18(9-7-16)23(29)26-21-5-3-2-4-20(21)22(24)28/h2-13,25H,14H2,1H3,(H2,24,28)(H,26,29). The number of ketones is 1. The van der Waals surface area contributed by atoms with Crippen molar-refractivity contribution in [2.75, 3.05) is 5.32 Å². The lowest BCUT2D eigenvalue weighted by atomic mass is 10.1. The number of rotatable bonds is 8. The number of benzene rings is 3. The molecule has 0 fully saturated rings. The highest BCUT2D eigenvalue weighted by Gasteiger charge is 2.15. The van der Waals surface area contributed by atoms with Gasteiger partial charge in [0.1, 0.15) is 0 Å². The highest BCUT2D eigenvalue weighted by atomic mass is 32.2. The largest absolute Gasteiger partial charge is 0.366 e. The van der Waals surface area contributed by atoms with Crippen LogP contribution in [0.2, 0.25) is 0 Å². The molecule has 3 aromatic rings. The topological polar surface area (TPSA) is 135 Å². The molecule has 0 aliphatic heterocycles. The number of carbonyl (C=O) groups excluding carboxylic acids is 3. The molecule has 0 saturated heterocycles. The van der Waals surface area contributed by atoms with E-state index in [2.05, 4.69) is 10.0 Å². The van der Waals surface area contributed by atoms with Gasteiger partial charge >= 0.3 is 0 Å². The van der Waals surface area contributed by atoms with Crippen molar-refractivity contribution in [3.8, 4) is 0 Å². The van der Waals surface area contributed by atoms with E-state index >= 15 is 0 Å². The first-order valence-electron chi connectivity index (χ1n) is 9.57. The molecule has 0 saturated carbocycles. The van der Waals surface area contributed by atoms with Crippen molar-refractivity contribution in [3.63, 3.8) is 0 Å². The van der Waals surface area contributed by atoms with Gasteiger partial charge < -0.3 is 11.1 Å². The Balaban J connectivity index is 1.65. The predicted molar refractivity (Wildman–Crippen MR) is 120 cm³/mol. The van der Waals surface area contributed by atoms with E-state index in [1.165, 1.54) is 37.3 Å². The van der Waals surface area contributed by atoms with Crippen molar-refractivity contribution in [1.82, 2.24) is 4.72 Å². The van der Waals surface area contributed by atoms with E-state index in [1.807, 2.05) is 0 Å². The number of primary amides is 1. The second-order valence-corrected chi connectivity index (χ2v) is 8.73. The molecule has 0 spiro atoms. The number of sulfonamides is 1. The van der Waals surface area contributed by atoms with Crippen LogP contribution in [0.4, 0.5) is 5.69 Å². The van der Waals surface area contributed by atoms with Crippen molar-refractivity contribution in [1.29, 1.82) is 0 Å². The van der Waals surface area contributed by atoms with Gasteiger partial charge in [-0.3, -0.25) is 14.4 Å². The van der Waals surface area contributed by atoms with Gasteiger partial charge in [0.25, 0.3) is 11.8 Å². The average molecular weight is 452 g/mol. The van der Waals surface area contributed by atoms with Crippen LogP contribution in [-0.2, 0) is 16.6 Å². The summed E-state index contributed by atoms with van der Waals surface area (Å²) in [6, 6.07) is 18.4. The van der Waals surface area contributed by atoms with E-state index in [0.717, 1.165) is 0 Å². The van der Waals surface area contributed by atoms with Crippen LogP contribution in [0.1, 0.15) is 43.6 Å². The lowest BCUT2D eigenvalue weighted by Crippen LogP contribution is -2.23. The third-order valence-electron chi connectivity index (χ3n) is 4.69. The fourth-order valence-corrected chi connectivity index (χ4v) is 3.92. The Kier molecular flexibility index (Phi) is 6.82. The van der Waals surface area contributed by atoms with Crippen LogP contribution in [0, 0.1) is 0 Å². The third kappa shape index (κ3) is 5.45. The molecule has 0 aliphatic carbocycles. The highest BCUT2D eigenvalue weighted by molar-refractivity contribution is 7.89. The zero-order valence-electron chi connectivity index (χ0n) is 17.2. The van der Waals surface area contributed by atoms with Crippen LogP contribution in [0.15, 0.2) is 77.7 Å². The van der Waals surface area contributed by atoms with Crippen molar-refractivity contribution >= 4 is 33.3 Å². The van der Waals surface area contributed by atoms with Gasteiger partial charge in [-0.25, -0.2) is 13.1 Å². The maximum absolute atomic E-state index is 12.5. The Hall–Kier alpha value is -3.82. The molecule has 0 bridgehead atoms. The minimum Gasteiger partial charge on any atom is -0.366 e. The average Bonchev–Trinajstić information content (AvgIpc) is 2.78. The molecule has 4 N–H and O–H groups in total. The lowest BCUT2D eigenvalue weighted by molar-refractivity contribution is 0.0996. The minimum atomic E-state index is -3.77. The molecule has 3 rings (SSSR count). The number of nitrogens with one attached hydrogen (secondary N) is 2. The number of para-hydroxylation sites is 1. The van der Waals surface area contributed by atoms with Crippen LogP contribution < -0.4 is 15.8 Å². The monoisotopic (exact) mass is 451 g/mol. The van der Waals surface area contributed by atoms with Gasteiger partial charge in [0, 0.05) is 17.7 Å². The summed E-state index contributed by atoms with van der Waals surface area (Å²) in [4.78, 5) is 35.3. The smallest absolute Gasteiger partial charge is 0.255 e. The molecule has 0 aromatic heterocycles. The van der Waals surface area contributed by atoms with Gasteiger partial charge in [-0.2, -0.15) is 0 Å². The van der Waals surface area contributed by atoms with Gasteiger partial charge in [-0.15, -0.1) is 0 Å². The van der Waals surface area contributed by atoms with Gasteiger partial charge in [0.05, 0.1) is 16.1 Å². The fraction of sp³-hybridized carbons (Fsp3) is 0.0870. The molecule has 0 atom stereocenters. The molecule has 3 aromatic carbocycles. The number of anilines is 1. The highest BCUT2D eigenvalue weighted by Crippen LogP contribution is 2.16. The molecule has 0 radical (unpaired) electrons. The summed E-state index contributed by atoms with van der Waals surface area (Å²) >= 11 is 0. The molecule has 8 nitrogen and oxygen atoms in total. The third-order valence-corrected chi connectivity index (χ3v) is 6.11. The zero-order chi connectivity index (χ0) is 23.3. The van der Waals surface area contributed by atoms with Gasteiger partial charge in [-0.1, -0.05) is 36.4 Å². The van der Waals surface area contributed by atoms with Crippen molar-refractivity contribution < 1.29 is 22.8 Å². The van der Waals surface area contributed by atoms with Gasteiger partial charge in [0.15, 0.2) is 5.78 Å². The van der Waals surface area contributed by atoms with Crippen molar-refractivity contribution in [2.45, 2.75) is 18.4 Å². The Bertz CT molecular complexity index is 1270. The normalized spacial score (nSPS) is 11.0. The number of carbonyl (C=O) groups is 3. The summed E-state index contributed by atoms with van der Waals surface area (Å²) < 4.78 is 27.4. The van der Waals surface area contributed by atoms with Crippen molar-refractivity contribution in [3.05, 3.63) is 95.1 Å². The van der Waals surface area contributed by atoms with Gasteiger partial charge in [-0.05, 0) is 48.9 Å². The Morgan fingerprint density at radius 1 is 0.844 bits per heavy atom. The fourth-order valence-electron chi connectivity index (χ4n) is 2.91. The van der Waals surface area contributed by atoms with Crippen LogP contribution in [0.3, 0.4) is 0 Å². The molecule has 9 heteroatoms. The number of hydrogen-bond acceptors (Lipinski definition) is 5. The summed E-state index contributed by atoms with van der Waals surface area (Å²) in [6.45, 7) is 1.42. The molecule has 0 unspecified atom stereocenters. The first-order chi connectivity index (χ1) is 15.2. The Morgan fingerprint density at radius 3 is 2.03 bits per heavy atom. The number of Topliss-reactive ketones (excluding diaryl/α,β-unsaturated/α-hetero) is 1. The first-order valence-corrected chi connectivity index (χ1v) is 11.1. The molecule has 0 aliphatic rings. The van der Waals surface area contributed by atoms with E-state index in [0.29, 0.717) is 22.4 Å². The Labute approximate surface area is 185 Å². The molecule has 32 heavy (non-hydrogen) atoms. The molecular weight excluding hydrogens is 430 g/mol. The second kappa shape index (κ2) is 9.54. The van der Waals surface area contributed by atoms with Crippen molar-refractivity contribution in [2.24, 2.45) is 5.73 Å². The summed E-state index contributed by atoms with van der Waals surface area (Å²) in [5, 5.41) is 2.64. The van der Waals surface area contributed by atoms with Gasteiger partial charge in [0.2, 0.25) is 10.0 Å². The van der Waals surface area contributed by atoms with E-state index in [9.17, 15) is 22.8 Å². The van der Waals surface area contributed by atoms with Crippen LogP contribution in [0.25, 0.3) is 0 Å². The van der Waals surface area contributed by atoms with E-state index < -0.39 is 21.8 Å². The SMILES string of the molecule is CC(=O)c1ccc(S(=O)(=O)NCc2ccc(C(=O)Nc3ccccc3C(N)=O)cc2)cc1. The summed E-state index contributed by atoms with van der Waals surface area (Å²) in [5.41, 5.74) is 7.22. The quantitative estimate of drug-likeness (QED) is 0.453. The predicted octanol–water partition coefficient (Wildman–Crippen LogP) is 2.72. The van der Waals surface area contributed by atoms with E-state index in [4.69, 9.17) is 5.73 Å². The maximum Gasteiger partial charge on any atom is 0.255 e. The van der Waals surface area contributed by atoms with Crippen LogP contribution in [0.5, 0.6) is 0 Å². The number of amides is 2. The van der Waals surface area contributed by atoms with Crippen LogP contribution >= 0.6 is 0 Å². The van der Waals surface area contributed by atoms with E-state index in [-0.39, 0.29) is 22.8 Å². The maximum atomic E-state index is 12.5. The Morgan fingerprint density at radius 2 is 1.44 bits per heavy atom. The summed E-state index contributed by atoms with van der Waals surface area (Å²) in [6.07, 6.45) is 0. The number of hydrogen-bond donors (Lipinski definition) is 3. The second-order valence-electron chi connectivity index (χ2n) is 6.97. The molecule has 164 valence electrons. The summed E-state index contributed by atoms with van der Waals surface area (Å²) in [5.74, 6) is -1.24. The molecule has 0 heterocycles. The molecule has 2 amide bonds. The minimum absolute atomic E-state index is 0.0171. The lowest BCUT2D eigenvalue weighted by Gasteiger charge is -2.10. The number of nitrogens with two attached hydrogens (primary N) is 1. The van der Waals surface area contributed by atoms with Crippen LogP contribution in [-0.4, -0.2) is 26.0 Å².